The van der Waals surface area contributed by atoms with Gasteiger partial charge >= 0.3 is 0 Å². The first-order chi connectivity index (χ1) is 9.81. The van der Waals surface area contributed by atoms with Crippen LogP contribution in [0.2, 0.25) is 0 Å². The molecule has 2 heterocycles. The Morgan fingerprint density at radius 3 is 2.70 bits per heavy atom. The second kappa shape index (κ2) is 4.13. The first kappa shape index (κ1) is 11.1. The van der Waals surface area contributed by atoms with E-state index in [1.807, 2.05) is 24.3 Å². The molecule has 0 amide bonds. The molecule has 0 aliphatic carbocycles. The van der Waals surface area contributed by atoms with Crippen molar-refractivity contribution in [1.29, 1.82) is 0 Å². The van der Waals surface area contributed by atoms with Crippen molar-refractivity contribution < 1.29 is 18.7 Å². The lowest BCUT2D eigenvalue weighted by atomic mass is 10.1. The first-order valence-corrected chi connectivity index (χ1v) is 6.24. The van der Waals surface area contributed by atoms with Gasteiger partial charge in [-0.2, -0.15) is 0 Å². The first-order valence-electron chi connectivity index (χ1n) is 6.24. The van der Waals surface area contributed by atoms with Crippen molar-refractivity contribution in [2.45, 2.75) is 0 Å². The molecule has 0 spiro atoms. The standard InChI is InChI=1S/C16H10O4/c17-16(11-5-6-13-14(8-11)19-9-18-13)15-7-10-3-1-2-4-12(10)20-15/h1-8H,9H2. The summed E-state index contributed by atoms with van der Waals surface area (Å²) in [6, 6.07) is 14.4. The Morgan fingerprint density at radius 2 is 1.80 bits per heavy atom. The summed E-state index contributed by atoms with van der Waals surface area (Å²) < 4.78 is 16.1. The van der Waals surface area contributed by atoms with Crippen LogP contribution in [0.25, 0.3) is 11.0 Å². The average Bonchev–Trinajstić information content (AvgIpc) is 3.11. The molecule has 4 nitrogen and oxygen atoms in total. The molecule has 0 fully saturated rings. The third-order valence-corrected chi connectivity index (χ3v) is 3.28. The van der Waals surface area contributed by atoms with Gasteiger partial charge < -0.3 is 13.9 Å². The molecule has 98 valence electrons. The molecule has 1 aromatic heterocycles. The Balaban J connectivity index is 1.76. The number of fused-ring (bicyclic) bond motifs is 2. The molecule has 4 rings (SSSR count). The van der Waals surface area contributed by atoms with Gasteiger partial charge in [-0.05, 0) is 30.3 Å². The van der Waals surface area contributed by atoms with Gasteiger partial charge in [-0.1, -0.05) is 18.2 Å². The molecule has 0 saturated heterocycles. The van der Waals surface area contributed by atoms with Gasteiger partial charge in [0.25, 0.3) is 0 Å². The van der Waals surface area contributed by atoms with Crippen LogP contribution in [0.15, 0.2) is 52.9 Å². The molecule has 2 aromatic carbocycles. The van der Waals surface area contributed by atoms with Crippen molar-refractivity contribution in [1.82, 2.24) is 0 Å². The van der Waals surface area contributed by atoms with Crippen LogP contribution in [0.5, 0.6) is 11.5 Å². The van der Waals surface area contributed by atoms with E-state index in [2.05, 4.69) is 0 Å². The minimum absolute atomic E-state index is 0.167. The SMILES string of the molecule is O=C(c1ccc2c(c1)OCO2)c1cc2ccccc2o1. The normalized spacial score (nSPS) is 12.8. The molecule has 1 aliphatic rings. The molecule has 0 N–H and O–H groups in total. The van der Waals surface area contributed by atoms with Crippen LogP contribution in [-0.4, -0.2) is 12.6 Å². The third kappa shape index (κ3) is 1.66. The van der Waals surface area contributed by atoms with Gasteiger partial charge in [0.15, 0.2) is 17.3 Å². The predicted molar refractivity (Wildman–Crippen MR) is 72.2 cm³/mol. The topological polar surface area (TPSA) is 48.7 Å². The Labute approximate surface area is 114 Å². The van der Waals surface area contributed by atoms with E-state index in [0.717, 1.165) is 5.39 Å². The molecule has 3 aromatic rings. The fourth-order valence-corrected chi connectivity index (χ4v) is 2.27. The summed E-state index contributed by atoms with van der Waals surface area (Å²) in [6.45, 7) is 0.192. The summed E-state index contributed by atoms with van der Waals surface area (Å²) in [7, 11) is 0. The Bertz CT molecular complexity index is 783. The molecule has 20 heavy (non-hydrogen) atoms. The highest BCUT2D eigenvalue weighted by Crippen LogP contribution is 2.33. The summed E-state index contributed by atoms with van der Waals surface area (Å²) >= 11 is 0. The van der Waals surface area contributed by atoms with Gasteiger partial charge in [0, 0.05) is 10.9 Å². The number of benzene rings is 2. The van der Waals surface area contributed by atoms with E-state index in [-0.39, 0.29) is 12.6 Å². The molecule has 1 aliphatic heterocycles. The zero-order valence-corrected chi connectivity index (χ0v) is 10.5. The molecule has 0 atom stereocenters. The lowest BCUT2D eigenvalue weighted by Gasteiger charge is -1.99. The van der Waals surface area contributed by atoms with Crippen LogP contribution in [0, 0.1) is 0 Å². The lowest BCUT2D eigenvalue weighted by molar-refractivity contribution is 0.101. The molecule has 0 radical (unpaired) electrons. The highest BCUT2D eigenvalue weighted by atomic mass is 16.7. The molecular formula is C16H10O4. The van der Waals surface area contributed by atoms with Crippen molar-refractivity contribution in [3.05, 3.63) is 59.9 Å². The van der Waals surface area contributed by atoms with E-state index in [1.54, 1.807) is 24.3 Å². The van der Waals surface area contributed by atoms with E-state index < -0.39 is 0 Å². The zero-order chi connectivity index (χ0) is 13.5. The largest absolute Gasteiger partial charge is 0.454 e. The van der Waals surface area contributed by atoms with E-state index in [0.29, 0.717) is 28.4 Å². The molecule has 0 saturated carbocycles. The summed E-state index contributed by atoms with van der Waals surface area (Å²) in [6.07, 6.45) is 0. The number of hydrogen-bond acceptors (Lipinski definition) is 4. The summed E-state index contributed by atoms with van der Waals surface area (Å²) in [4.78, 5) is 12.4. The fourth-order valence-electron chi connectivity index (χ4n) is 2.27. The monoisotopic (exact) mass is 266 g/mol. The Morgan fingerprint density at radius 1 is 0.950 bits per heavy atom. The van der Waals surface area contributed by atoms with Crippen LogP contribution in [0.1, 0.15) is 16.1 Å². The van der Waals surface area contributed by atoms with E-state index in [9.17, 15) is 4.79 Å². The highest BCUT2D eigenvalue weighted by Gasteiger charge is 2.19. The number of carbonyl (C=O) groups excluding carboxylic acids is 1. The van der Waals surface area contributed by atoms with Gasteiger partial charge in [0.05, 0.1) is 0 Å². The number of furan rings is 1. The highest BCUT2D eigenvalue weighted by molar-refractivity contribution is 6.09. The third-order valence-electron chi connectivity index (χ3n) is 3.28. The van der Waals surface area contributed by atoms with Crippen molar-refractivity contribution in [3.8, 4) is 11.5 Å². The molecule has 0 unspecified atom stereocenters. The van der Waals surface area contributed by atoms with E-state index in [1.165, 1.54) is 0 Å². The van der Waals surface area contributed by atoms with Crippen LogP contribution >= 0.6 is 0 Å². The van der Waals surface area contributed by atoms with E-state index in [4.69, 9.17) is 13.9 Å². The van der Waals surface area contributed by atoms with Gasteiger partial charge in [0.1, 0.15) is 5.58 Å². The minimum atomic E-state index is -0.167. The number of ether oxygens (including phenoxy) is 2. The van der Waals surface area contributed by atoms with Gasteiger partial charge in [0.2, 0.25) is 12.6 Å². The van der Waals surface area contributed by atoms with Crippen molar-refractivity contribution in [2.24, 2.45) is 0 Å². The van der Waals surface area contributed by atoms with Crippen molar-refractivity contribution in [2.75, 3.05) is 6.79 Å². The van der Waals surface area contributed by atoms with Crippen LogP contribution in [0.3, 0.4) is 0 Å². The number of rotatable bonds is 2. The quantitative estimate of drug-likeness (QED) is 0.667. The van der Waals surface area contributed by atoms with Crippen molar-refractivity contribution >= 4 is 16.8 Å². The summed E-state index contributed by atoms with van der Waals surface area (Å²) in [5.41, 5.74) is 1.23. The minimum Gasteiger partial charge on any atom is -0.454 e. The predicted octanol–water partition coefficient (Wildman–Crippen LogP) is 3.39. The van der Waals surface area contributed by atoms with Gasteiger partial charge in [-0.15, -0.1) is 0 Å². The van der Waals surface area contributed by atoms with Crippen LogP contribution < -0.4 is 9.47 Å². The summed E-state index contributed by atoms with van der Waals surface area (Å²) in [5.74, 6) is 1.41. The van der Waals surface area contributed by atoms with Crippen LogP contribution in [-0.2, 0) is 0 Å². The number of ketones is 1. The molecule has 4 heteroatoms. The Hall–Kier alpha value is -2.75. The molecule has 0 bridgehead atoms. The van der Waals surface area contributed by atoms with Gasteiger partial charge in [-0.25, -0.2) is 0 Å². The Kier molecular flexibility index (Phi) is 2.29. The van der Waals surface area contributed by atoms with Gasteiger partial charge in [-0.3, -0.25) is 4.79 Å². The second-order valence-electron chi connectivity index (χ2n) is 4.55. The van der Waals surface area contributed by atoms with E-state index >= 15 is 0 Å². The van der Waals surface area contributed by atoms with Crippen molar-refractivity contribution in [3.63, 3.8) is 0 Å². The average molecular weight is 266 g/mol. The maximum atomic E-state index is 12.4. The zero-order valence-electron chi connectivity index (χ0n) is 10.5. The fraction of sp³-hybridized carbons (Fsp3) is 0.0625. The number of para-hydroxylation sites is 1. The van der Waals surface area contributed by atoms with Crippen LogP contribution in [0.4, 0.5) is 0 Å². The number of hydrogen-bond donors (Lipinski definition) is 0. The maximum absolute atomic E-state index is 12.4. The number of carbonyl (C=O) groups is 1. The summed E-state index contributed by atoms with van der Waals surface area (Å²) in [5, 5.41) is 0.914. The maximum Gasteiger partial charge on any atom is 0.231 e. The molecular weight excluding hydrogens is 256 g/mol. The second-order valence-corrected chi connectivity index (χ2v) is 4.55. The lowest BCUT2D eigenvalue weighted by Crippen LogP contribution is -1.99. The smallest absolute Gasteiger partial charge is 0.231 e.